The van der Waals surface area contributed by atoms with E-state index >= 15 is 0 Å². The molecule has 1 saturated carbocycles. The summed E-state index contributed by atoms with van der Waals surface area (Å²) in [6, 6.07) is 1.59. The van der Waals surface area contributed by atoms with Crippen molar-refractivity contribution in [3.05, 3.63) is 16.5 Å². The van der Waals surface area contributed by atoms with Crippen LogP contribution in [0.1, 0.15) is 40.9 Å². The van der Waals surface area contributed by atoms with Gasteiger partial charge in [-0.05, 0) is 31.7 Å². The van der Waals surface area contributed by atoms with Crippen LogP contribution in [0.4, 0.5) is 5.00 Å². The molecule has 0 aromatic carbocycles. The minimum Gasteiger partial charge on any atom is -0.478 e. The van der Waals surface area contributed by atoms with Crippen molar-refractivity contribution in [2.24, 2.45) is 5.92 Å². The fourth-order valence-electron chi connectivity index (χ4n) is 1.90. The van der Waals surface area contributed by atoms with Crippen LogP contribution in [0.5, 0.6) is 0 Å². The van der Waals surface area contributed by atoms with Gasteiger partial charge in [0.1, 0.15) is 5.00 Å². The minimum atomic E-state index is -0.992. The third kappa shape index (κ3) is 2.85. The highest BCUT2D eigenvalue weighted by Gasteiger charge is 2.22. The zero-order chi connectivity index (χ0) is 12.4. The van der Waals surface area contributed by atoms with E-state index in [2.05, 4.69) is 5.32 Å². The van der Waals surface area contributed by atoms with E-state index in [1.807, 2.05) is 6.92 Å². The number of thiophene rings is 1. The second-order valence-corrected chi connectivity index (χ2v) is 5.71. The van der Waals surface area contributed by atoms with E-state index in [1.165, 1.54) is 17.8 Å². The summed E-state index contributed by atoms with van der Waals surface area (Å²) in [6.45, 7) is 1.83. The maximum absolute atomic E-state index is 11.7. The number of carbonyl (C=O) groups excluding carboxylic acids is 1. The molecular weight excluding hydrogens is 238 g/mol. The van der Waals surface area contributed by atoms with Gasteiger partial charge in [-0.15, -0.1) is 11.3 Å². The molecule has 1 aliphatic carbocycles. The number of amides is 1. The summed E-state index contributed by atoms with van der Waals surface area (Å²) in [6.07, 6.45) is 3.94. The molecule has 0 spiro atoms. The lowest BCUT2D eigenvalue weighted by Gasteiger charge is -2.24. The molecule has 0 atom stereocenters. The zero-order valence-corrected chi connectivity index (χ0v) is 10.5. The molecule has 1 aliphatic rings. The predicted molar refractivity (Wildman–Crippen MR) is 66.6 cm³/mol. The normalized spacial score (nSPS) is 15.4. The van der Waals surface area contributed by atoms with E-state index in [-0.39, 0.29) is 11.5 Å². The molecule has 92 valence electrons. The topological polar surface area (TPSA) is 66.4 Å². The number of carboxylic acid groups (broad SMARTS) is 1. The van der Waals surface area contributed by atoms with Crippen LogP contribution >= 0.6 is 11.3 Å². The van der Waals surface area contributed by atoms with E-state index in [1.54, 1.807) is 6.07 Å². The van der Waals surface area contributed by atoms with Gasteiger partial charge in [-0.2, -0.15) is 0 Å². The monoisotopic (exact) mass is 253 g/mol. The molecule has 0 aliphatic heterocycles. The van der Waals surface area contributed by atoms with Crippen molar-refractivity contribution in [1.82, 2.24) is 0 Å². The summed E-state index contributed by atoms with van der Waals surface area (Å²) in [5.74, 6) is -0.573. The number of nitrogens with one attached hydrogen (secondary N) is 1. The molecule has 0 bridgehead atoms. The number of aryl methyl sites for hydroxylation is 1. The predicted octanol–water partition coefficient (Wildman–Crippen LogP) is 2.88. The molecule has 0 unspecified atom stereocenters. The standard InChI is InChI=1S/C12H15NO3S/c1-7-5-9(12(15)16)11(17-7)13-10(14)6-8-3-2-4-8/h5,8H,2-4,6H2,1H3,(H,13,14)(H,15,16). The Labute approximate surface area is 104 Å². The lowest BCUT2D eigenvalue weighted by Crippen LogP contribution is -2.21. The summed E-state index contributed by atoms with van der Waals surface area (Å²) in [5.41, 5.74) is 0.189. The highest BCUT2D eigenvalue weighted by Crippen LogP contribution is 2.31. The van der Waals surface area contributed by atoms with E-state index in [0.29, 0.717) is 17.3 Å². The Morgan fingerprint density at radius 2 is 2.24 bits per heavy atom. The van der Waals surface area contributed by atoms with Gasteiger partial charge in [0.05, 0.1) is 5.56 Å². The fraction of sp³-hybridized carbons (Fsp3) is 0.500. The van der Waals surface area contributed by atoms with Gasteiger partial charge < -0.3 is 10.4 Å². The number of aromatic carboxylic acids is 1. The van der Waals surface area contributed by atoms with Crippen LogP contribution in [0.3, 0.4) is 0 Å². The molecule has 17 heavy (non-hydrogen) atoms. The minimum absolute atomic E-state index is 0.0703. The van der Waals surface area contributed by atoms with Gasteiger partial charge in [0.25, 0.3) is 0 Å². The lowest BCUT2D eigenvalue weighted by molar-refractivity contribution is -0.117. The Morgan fingerprint density at radius 1 is 1.53 bits per heavy atom. The van der Waals surface area contributed by atoms with Gasteiger partial charge in [-0.3, -0.25) is 4.79 Å². The number of anilines is 1. The Bertz CT molecular complexity index is 449. The molecule has 2 rings (SSSR count). The van der Waals surface area contributed by atoms with E-state index in [9.17, 15) is 9.59 Å². The molecule has 2 N–H and O–H groups in total. The first-order valence-corrected chi connectivity index (χ1v) is 6.51. The number of carbonyl (C=O) groups is 2. The van der Waals surface area contributed by atoms with Crippen LogP contribution < -0.4 is 5.32 Å². The fourth-order valence-corrected chi connectivity index (χ4v) is 2.82. The van der Waals surface area contributed by atoms with Crippen molar-refractivity contribution in [2.75, 3.05) is 5.32 Å². The Hall–Kier alpha value is -1.36. The maximum atomic E-state index is 11.7. The highest BCUT2D eigenvalue weighted by atomic mass is 32.1. The zero-order valence-electron chi connectivity index (χ0n) is 9.66. The summed E-state index contributed by atoms with van der Waals surface area (Å²) in [5, 5.41) is 12.2. The number of rotatable bonds is 4. The van der Waals surface area contributed by atoms with Crippen molar-refractivity contribution >= 4 is 28.2 Å². The van der Waals surface area contributed by atoms with Crippen LogP contribution in [-0.4, -0.2) is 17.0 Å². The van der Waals surface area contributed by atoms with Crippen molar-refractivity contribution in [3.8, 4) is 0 Å². The SMILES string of the molecule is Cc1cc(C(=O)O)c(NC(=O)CC2CCC2)s1. The first kappa shape index (κ1) is 12.1. The van der Waals surface area contributed by atoms with Crippen LogP contribution in [0.25, 0.3) is 0 Å². The smallest absolute Gasteiger partial charge is 0.338 e. The summed E-state index contributed by atoms with van der Waals surface area (Å²) in [4.78, 5) is 23.6. The Morgan fingerprint density at radius 3 is 2.76 bits per heavy atom. The second kappa shape index (κ2) is 4.87. The largest absolute Gasteiger partial charge is 0.478 e. The molecule has 5 heteroatoms. The average Bonchev–Trinajstić information content (AvgIpc) is 2.53. The maximum Gasteiger partial charge on any atom is 0.338 e. The first-order valence-electron chi connectivity index (χ1n) is 5.70. The highest BCUT2D eigenvalue weighted by molar-refractivity contribution is 7.16. The van der Waals surface area contributed by atoms with Gasteiger partial charge in [-0.1, -0.05) is 6.42 Å². The van der Waals surface area contributed by atoms with Gasteiger partial charge in [-0.25, -0.2) is 4.79 Å². The average molecular weight is 253 g/mol. The van der Waals surface area contributed by atoms with E-state index in [0.717, 1.165) is 17.7 Å². The van der Waals surface area contributed by atoms with Crippen LogP contribution in [0, 0.1) is 12.8 Å². The number of carboxylic acids is 1. The summed E-state index contributed by atoms with van der Waals surface area (Å²) < 4.78 is 0. The second-order valence-electron chi connectivity index (χ2n) is 4.45. The third-order valence-electron chi connectivity index (χ3n) is 3.04. The van der Waals surface area contributed by atoms with Crippen LogP contribution in [-0.2, 0) is 4.79 Å². The van der Waals surface area contributed by atoms with Gasteiger partial charge >= 0.3 is 5.97 Å². The molecular formula is C12H15NO3S. The molecule has 1 aromatic rings. The molecule has 1 fully saturated rings. The molecule has 1 heterocycles. The van der Waals surface area contributed by atoms with Crippen LogP contribution in [0.15, 0.2) is 6.07 Å². The van der Waals surface area contributed by atoms with Crippen molar-refractivity contribution in [1.29, 1.82) is 0 Å². The summed E-state index contributed by atoms with van der Waals surface area (Å²) in [7, 11) is 0. The Balaban J connectivity index is 2.01. The molecule has 4 nitrogen and oxygen atoms in total. The molecule has 1 aromatic heterocycles. The molecule has 1 amide bonds. The molecule has 0 radical (unpaired) electrons. The summed E-state index contributed by atoms with van der Waals surface area (Å²) >= 11 is 1.31. The van der Waals surface area contributed by atoms with Crippen LogP contribution in [0.2, 0.25) is 0 Å². The van der Waals surface area contributed by atoms with Gasteiger partial charge in [0, 0.05) is 11.3 Å². The number of hydrogen-bond acceptors (Lipinski definition) is 3. The Kier molecular flexibility index (Phi) is 3.47. The van der Waals surface area contributed by atoms with Gasteiger partial charge in [0.2, 0.25) is 5.91 Å². The third-order valence-corrected chi connectivity index (χ3v) is 4.00. The number of hydrogen-bond donors (Lipinski definition) is 2. The van der Waals surface area contributed by atoms with E-state index in [4.69, 9.17) is 5.11 Å². The van der Waals surface area contributed by atoms with Crippen molar-refractivity contribution in [2.45, 2.75) is 32.6 Å². The molecule has 0 saturated heterocycles. The quantitative estimate of drug-likeness (QED) is 0.867. The van der Waals surface area contributed by atoms with Crippen molar-refractivity contribution < 1.29 is 14.7 Å². The van der Waals surface area contributed by atoms with E-state index < -0.39 is 5.97 Å². The van der Waals surface area contributed by atoms with Crippen molar-refractivity contribution in [3.63, 3.8) is 0 Å². The lowest BCUT2D eigenvalue weighted by atomic mass is 9.83. The first-order chi connectivity index (χ1) is 8.06. The van der Waals surface area contributed by atoms with Gasteiger partial charge in [0.15, 0.2) is 0 Å².